The van der Waals surface area contributed by atoms with Crippen molar-refractivity contribution in [2.75, 3.05) is 19.7 Å². The number of amides is 1. The molecule has 1 aromatic carbocycles. The van der Waals surface area contributed by atoms with Crippen LogP contribution in [0.1, 0.15) is 48.4 Å². The van der Waals surface area contributed by atoms with Crippen molar-refractivity contribution < 1.29 is 18.7 Å². The number of hydrogen-bond acceptors (Lipinski definition) is 4. The Morgan fingerprint density at radius 2 is 2.03 bits per heavy atom. The van der Waals surface area contributed by atoms with Crippen molar-refractivity contribution in [3.05, 3.63) is 53.1 Å². The van der Waals surface area contributed by atoms with Crippen LogP contribution in [0.4, 0.5) is 4.39 Å². The minimum Gasteiger partial charge on any atom is -0.466 e. The van der Waals surface area contributed by atoms with Gasteiger partial charge in [0.15, 0.2) is 0 Å². The molecule has 0 N–H and O–H groups in total. The van der Waals surface area contributed by atoms with Gasteiger partial charge < -0.3 is 9.64 Å². The number of ether oxygens (including phenoxy) is 1. The van der Waals surface area contributed by atoms with E-state index in [9.17, 15) is 14.0 Å². The molecule has 0 unspecified atom stereocenters. The number of piperidine rings is 1. The summed E-state index contributed by atoms with van der Waals surface area (Å²) < 4.78 is 21.3. The lowest BCUT2D eigenvalue weighted by molar-refractivity contribution is -0.158. The molecule has 6 nitrogen and oxygen atoms in total. The average Bonchev–Trinajstić information content (AvgIpc) is 3.10. The zero-order chi connectivity index (χ0) is 21.0. The van der Waals surface area contributed by atoms with E-state index in [-0.39, 0.29) is 37.3 Å². The number of esters is 1. The predicted octanol–water partition coefficient (Wildman–Crippen LogP) is 3.15. The molecule has 2 heterocycles. The molecule has 1 fully saturated rings. The quantitative estimate of drug-likeness (QED) is 0.698. The van der Waals surface area contributed by atoms with Crippen molar-refractivity contribution in [3.63, 3.8) is 0 Å². The minimum absolute atomic E-state index is 0.165. The molecule has 0 spiro atoms. The molecule has 7 heteroatoms. The first-order chi connectivity index (χ1) is 13.9. The summed E-state index contributed by atoms with van der Waals surface area (Å²) in [6.07, 6.45) is 2.14. The molecule has 1 amide bonds. The summed E-state index contributed by atoms with van der Waals surface area (Å²) in [4.78, 5) is 27.8. The van der Waals surface area contributed by atoms with Crippen LogP contribution in [0.15, 0.2) is 30.3 Å². The van der Waals surface area contributed by atoms with Gasteiger partial charge in [0, 0.05) is 20.1 Å². The first kappa shape index (κ1) is 21.0. The van der Waals surface area contributed by atoms with E-state index in [1.165, 1.54) is 6.07 Å². The maximum atomic E-state index is 14.3. The highest BCUT2D eigenvalue weighted by Gasteiger charge is 2.45. The van der Waals surface area contributed by atoms with Crippen molar-refractivity contribution in [2.24, 2.45) is 12.5 Å². The van der Waals surface area contributed by atoms with Crippen molar-refractivity contribution in [3.8, 4) is 0 Å². The Labute approximate surface area is 170 Å². The predicted molar refractivity (Wildman–Crippen MR) is 107 cm³/mol. The summed E-state index contributed by atoms with van der Waals surface area (Å²) in [6.45, 7) is 4.73. The molecule has 1 atom stereocenters. The molecular weight excluding hydrogens is 373 g/mol. The van der Waals surface area contributed by atoms with E-state index in [1.54, 1.807) is 47.8 Å². The van der Waals surface area contributed by atoms with E-state index >= 15 is 0 Å². The van der Waals surface area contributed by atoms with E-state index < -0.39 is 5.41 Å². The number of aromatic nitrogens is 2. The lowest BCUT2D eigenvalue weighted by Crippen LogP contribution is -2.52. The third kappa shape index (κ3) is 4.33. The second-order valence-electron chi connectivity index (χ2n) is 7.60. The largest absolute Gasteiger partial charge is 0.466 e. The summed E-state index contributed by atoms with van der Waals surface area (Å²) in [5, 5.41) is 4.35. The summed E-state index contributed by atoms with van der Waals surface area (Å²) in [7, 11) is 1.74. The van der Waals surface area contributed by atoms with Gasteiger partial charge in [0.05, 0.1) is 17.7 Å². The van der Waals surface area contributed by atoms with Crippen molar-refractivity contribution in [2.45, 2.75) is 39.5 Å². The van der Waals surface area contributed by atoms with E-state index in [4.69, 9.17) is 4.74 Å². The van der Waals surface area contributed by atoms with Crippen LogP contribution in [0.25, 0.3) is 0 Å². The van der Waals surface area contributed by atoms with Crippen molar-refractivity contribution in [1.29, 1.82) is 0 Å². The fourth-order valence-electron chi connectivity index (χ4n) is 4.04. The zero-order valence-corrected chi connectivity index (χ0v) is 17.3. The minimum atomic E-state index is -0.960. The topological polar surface area (TPSA) is 64.4 Å². The molecule has 0 saturated carbocycles. The molecule has 1 aliphatic heterocycles. The first-order valence-electron chi connectivity index (χ1n) is 10.1. The maximum Gasteiger partial charge on any atom is 0.314 e. The number of hydrogen-bond donors (Lipinski definition) is 0. The van der Waals surface area contributed by atoms with Crippen LogP contribution in [0.2, 0.25) is 0 Å². The smallest absolute Gasteiger partial charge is 0.314 e. The van der Waals surface area contributed by atoms with Crippen molar-refractivity contribution in [1.82, 2.24) is 14.7 Å². The van der Waals surface area contributed by atoms with Crippen LogP contribution < -0.4 is 0 Å². The lowest BCUT2D eigenvalue weighted by Gasteiger charge is -2.41. The van der Waals surface area contributed by atoms with E-state index in [0.29, 0.717) is 30.6 Å². The molecule has 29 heavy (non-hydrogen) atoms. The van der Waals surface area contributed by atoms with Gasteiger partial charge in [0.25, 0.3) is 5.91 Å². The maximum absolute atomic E-state index is 14.3. The normalized spacial score (nSPS) is 19.2. The van der Waals surface area contributed by atoms with Crippen molar-refractivity contribution >= 4 is 11.9 Å². The van der Waals surface area contributed by atoms with Gasteiger partial charge in [-0.25, -0.2) is 4.39 Å². The van der Waals surface area contributed by atoms with Crippen LogP contribution in [-0.2, 0) is 29.4 Å². The van der Waals surface area contributed by atoms with Gasteiger partial charge in [-0.05, 0) is 50.3 Å². The van der Waals surface area contributed by atoms with Gasteiger partial charge in [-0.15, -0.1) is 0 Å². The second-order valence-corrected chi connectivity index (χ2v) is 7.60. The number of likely N-dealkylation sites (tertiary alicyclic amines) is 1. The molecule has 1 aromatic heterocycles. The SMILES string of the molecule is CCOC(=O)[C@@]1(Cc2ccccc2F)CCCN(C(=O)c2cc(CC)nn2C)C1. The summed E-state index contributed by atoms with van der Waals surface area (Å²) in [6, 6.07) is 8.25. The second kappa shape index (κ2) is 8.76. The van der Waals surface area contributed by atoms with Crippen LogP contribution in [-0.4, -0.2) is 46.3 Å². The Morgan fingerprint density at radius 1 is 1.28 bits per heavy atom. The van der Waals surface area contributed by atoms with E-state index in [0.717, 1.165) is 12.1 Å². The zero-order valence-electron chi connectivity index (χ0n) is 17.3. The third-order valence-electron chi connectivity index (χ3n) is 5.57. The Hall–Kier alpha value is -2.70. The Balaban J connectivity index is 1.90. The van der Waals surface area contributed by atoms with Gasteiger partial charge in [0.1, 0.15) is 11.5 Å². The van der Waals surface area contributed by atoms with Gasteiger partial charge >= 0.3 is 5.97 Å². The standard InChI is InChI=1S/C22H28FN3O3/c1-4-17-13-19(25(3)24-17)20(27)26-12-8-11-22(15-26,21(28)29-5-2)14-16-9-6-7-10-18(16)23/h6-7,9-10,13H,4-5,8,11-12,14-15H2,1-3H3/t22-/m1/s1. The lowest BCUT2D eigenvalue weighted by atomic mass is 9.75. The summed E-state index contributed by atoms with van der Waals surface area (Å²) >= 11 is 0. The Bertz CT molecular complexity index is 895. The highest BCUT2D eigenvalue weighted by Crippen LogP contribution is 2.36. The Kier molecular flexibility index (Phi) is 6.35. The molecule has 0 aliphatic carbocycles. The van der Waals surface area contributed by atoms with Crippen LogP contribution in [0.3, 0.4) is 0 Å². The van der Waals surface area contributed by atoms with Crippen LogP contribution in [0, 0.1) is 11.2 Å². The van der Waals surface area contributed by atoms with Crippen LogP contribution in [0.5, 0.6) is 0 Å². The molecule has 2 aromatic rings. The molecular formula is C22H28FN3O3. The number of nitrogens with zero attached hydrogens (tertiary/aromatic N) is 3. The molecule has 0 radical (unpaired) electrons. The summed E-state index contributed by atoms with van der Waals surface area (Å²) in [5.41, 5.74) is 0.838. The molecule has 1 saturated heterocycles. The average molecular weight is 401 g/mol. The van der Waals surface area contributed by atoms with Gasteiger partial charge in [-0.1, -0.05) is 25.1 Å². The molecule has 3 rings (SSSR count). The first-order valence-corrected chi connectivity index (χ1v) is 10.1. The number of aryl methyl sites for hydroxylation is 2. The number of carbonyl (C=O) groups is 2. The summed E-state index contributed by atoms with van der Waals surface area (Å²) in [5.74, 6) is -0.888. The number of benzene rings is 1. The number of halogens is 1. The number of carbonyl (C=O) groups excluding carboxylic acids is 2. The highest BCUT2D eigenvalue weighted by molar-refractivity contribution is 5.93. The highest BCUT2D eigenvalue weighted by atomic mass is 19.1. The van der Waals surface area contributed by atoms with Gasteiger partial charge in [-0.3, -0.25) is 14.3 Å². The van der Waals surface area contributed by atoms with E-state index in [1.807, 2.05) is 6.92 Å². The molecule has 0 bridgehead atoms. The monoisotopic (exact) mass is 401 g/mol. The van der Waals surface area contributed by atoms with Gasteiger partial charge in [-0.2, -0.15) is 5.10 Å². The fourth-order valence-corrected chi connectivity index (χ4v) is 4.04. The Morgan fingerprint density at radius 3 is 2.69 bits per heavy atom. The van der Waals surface area contributed by atoms with Gasteiger partial charge in [0.2, 0.25) is 0 Å². The molecule has 1 aliphatic rings. The number of rotatable bonds is 6. The molecule has 156 valence electrons. The third-order valence-corrected chi connectivity index (χ3v) is 5.57. The van der Waals surface area contributed by atoms with E-state index in [2.05, 4.69) is 5.10 Å². The fraction of sp³-hybridized carbons (Fsp3) is 0.500. The van der Waals surface area contributed by atoms with Crippen LogP contribution >= 0.6 is 0 Å².